The fourth-order valence-corrected chi connectivity index (χ4v) is 0. The minimum absolute atomic E-state index is 0. The zero-order chi connectivity index (χ0) is 0. The first kappa shape index (κ1) is 33.0. The third-order valence-corrected chi connectivity index (χ3v) is 0. The summed E-state index contributed by atoms with van der Waals surface area (Å²) in [6.07, 6.45) is 0. The standard InChI is InChI=1S/Al.ClH.Cu.Na.5H/h;1H;;;;;;;/q;;2*+1;;;;2*-1/p-1. The van der Waals surface area contributed by atoms with Crippen LogP contribution < -0.4 is 42.0 Å². The predicted octanol–water partition coefficient (Wildman–Crippen LogP) is -6.95. The van der Waals surface area contributed by atoms with Gasteiger partial charge in [-0.05, 0) is 0 Å². The Kier molecular flexibility index (Phi) is 151. The van der Waals surface area contributed by atoms with Crippen LogP contribution in [0.5, 0.6) is 0 Å². The molecule has 0 aromatic rings. The summed E-state index contributed by atoms with van der Waals surface area (Å²) in [5.41, 5.74) is 0. The molecule has 0 aliphatic carbocycles. The molecule has 4 heteroatoms. The third kappa shape index (κ3) is 8.84. The summed E-state index contributed by atoms with van der Waals surface area (Å²) in [5.74, 6) is 0. The SMILES string of the molecule is [AlH3].[Cl-].[Cu+].[H-].[H-].[Na+]. The first-order valence-corrected chi connectivity index (χ1v) is 0. The van der Waals surface area contributed by atoms with Crippen molar-refractivity contribution in [1.82, 2.24) is 0 Å². The average molecular weight is 154 g/mol. The van der Waals surface area contributed by atoms with E-state index in [1.54, 1.807) is 0 Å². The van der Waals surface area contributed by atoms with E-state index in [1.807, 2.05) is 0 Å². The summed E-state index contributed by atoms with van der Waals surface area (Å²) in [6, 6.07) is 0. The van der Waals surface area contributed by atoms with E-state index in [1.165, 1.54) is 0 Å². The largest absolute Gasteiger partial charge is 1.00 e. The number of hydrogen-bond acceptors (Lipinski definition) is 0. The van der Waals surface area contributed by atoms with E-state index in [9.17, 15) is 0 Å². The molecule has 0 aromatic carbocycles. The Morgan fingerprint density at radius 1 is 1.25 bits per heavy atom. The van der Waals surface area contributed by atoms with E-state index in [0.29, 0.717) is 0 Å². The van der Waals surface area contributed by atoms with Gasteiger partial charge >= 0.3 is 46.6 Å². The van der Waals surface area contributed by atoms with Gasteiger partial charge in [-0.3, -0.25) is 0 Å². The Bertz CT molecular complexity index is 13.5. The van der Waals surface area contributed by atoms with E-state index in [2.05, 4.69) is 0 Å². The maximum absolute atomic E-state index is 0. The van der Waals surface area contributed by atoms with E-state index in [0.717, 1.165) is 0 Å². The van der Waals surface area contributed by atoms with Crippen molar-refractivity contribution in [3.05, 3.63) is 0 Å². The van der Waals surface area contributed by atoms with Crippen LogP contribution in [0.2, 0.25) is 0 Å². The van der Waals surface area contributed by atoms with Crippen LogP contribution >= 0.6 is 0 Å². The van der Waals surface area contributed by atoms with Crippen LogP contribution in [0.3, 0.4) is 0 Å². The molecule has 0 fully saturated rings. The van der Waals surface area contributed by atoms with Crippen LogP contribution in [-0.4, -0.2) is 17.4 Å². The van der Waals surface area contributed by atoms with Gasteiger partial charge in [-0.1, -0.05) is 0 Å². The van der Waals surface area contributed by atoms with Crippen LogP contribution in [0, 0.1) is 0 Å². The number of hydrogen-bond donors (Lipinski definition) is 0. The van der Waals surface area contributed by atoms with Crippen LogP contribution in [0.25, 0.3) is 0 Å². The third-order valence-electron chi connectivity index (χ3n) is 0. The van der Waals surface area contributed by atoms with Crippen molar-refractivity contribution in [2.24, 2.45) is 0 Å². The molecular formula is H5AlClCuNa-. The molecule has 0 amide bonds. The minimum Gasteiger partial charge on any atom is -1.00 e. The molecule has 0 saturated heterocycles. The molecule has 0 saturated carbocycles. The van der Waals surface area contributed by atoms with Crippen molar-refractivity contribution in [3.63, 3.8) is 0 Å². The van der Waals surface area contributed by atoms with Crippen LogP contribution in [0.15, 0.2) is 0 Å². The van der Waals surface area contributed by atoms with Gasteiger partial charge in [0.15, 0.2) is 17.4 Å². The second-order valence-electron chi connectivity index (χ2n) is 0. The van der Waals surface area contributed by atoms with E-state index < -0.39 is 0 Å². The maximum atomic E-state index is 0. The van der Waals surface area contributed by atoms with Crippen molar-refractivity contribution in [3.8, 4) is 0 Å². The summed E-state index contributed by atoms with van der Waals surface area (Å²) in [7, 11) is 0. The van der Waals surface area contributed by atoms with Gasteiger partial charge in [0.05, 0.1) is 0 Å². The van der Waals surface area contributed by atoms with Crippen molar-refractivity contribution < 1.29 is 61.9 Å². The molecule has 0 spiro atoms. The smallest absolute Gasteiger partial charge is 1.00 e. The predicted molar refractivity (Wildman–Crippen MR) is 12.2 cm³/mol. The Morgan fingerprint density at radius 3 is 1.25 bits per heavy atom. The Balaban J connectivity index is 0. The summed E-state index contributed by atoms with van der Waals surface area (Å²) in [5, 5.41) is 0. The van der Waals surface area contributed by atoms with Gasteiger partial charge in [-0.2, -0.15) is 0 Å². The molecule has 0 bridgehead atoms. The van der Waals surface area contributed by atoms with Crippen molar-refractivity contribution in [2.45, 2.75) is 0 Å². The number of halogens is 1. The van der Waals surface area contributed by atoms with Crippen molar-refractivity contribution >= 4 is 17.4 Å². The summed E-state index contributed by atoms with van der Waals surface area (Å²) in [6.45, 7) is 0. The molecule has 0 unspecified atom stereocenters. The molecular weight excluding hydrogens is 149 g/mol. The maximum Gasteiger partial charge on any atom is 1.00 e. The molecule has 0 nitrogen and oxygen atoms in total. The molecule has 28 valence electrons. The molecule has 0 aliphatic rings. The normalized spacial score (nSPS) is 0. The van der Waals surface area contributed by atoms with Crippen LogP contribution in [0.4, 0.5) is 0 Å². The molecule has 0 radical (unpaired) electrons. The topological polar surface area (TPSA) is 0 Å². The first-order chi connectivity index (χ1) is 0. The van der Waals surface area contributed by atoms with Gasteiger partial charge in [-0.15, -0.1) is 0 Å². The second-order valence-corrected chi connectivity index (χ2v) is 0. The molecule has 0 aromatic heterocycles. The van der Waals surface area contributed by atoms with Gasteiger partial charge in [-0.25, -0.2) is 0 Å². The zero-order valence-electron chi connectivity index (χ0n) is 3.68. The second kappa shape index (κ2) is 18.4. The molecule has 0 N–H and O–H groups in total. The van der Waals surface area contributed by atoms with Gasteiger partial charge < -0.3 is 15.3 Å². The average Bonchev–Trinajstić information content (AvgIpc) is 0. The Hall–Kier alpha value is 2.34. The zero-order valence-corrected chi connectivity index (χ0v) is 5.38. The fraction of sp³-hybridized carbons (Fsp3) is 0. The Labute approximate surface area is 78.4 Å². The van der Waals surface area contributed by atoms with E-state index >= 15 is 0 Å². The van der Waals surface area contributed by atoms with Crippen molar-refractivity contribution in [2.75, 3.05) is 0 Å². The first-order valence-electron chi connectivity index (χ1n) is 0. The monoisotopic (exact) mass is 153 g/mol. The molecule has 0 atom stereocenters. The molecule has 4 heavy (non-hydrogen) atoms. The fourth-order valence-electron chi connectivity index (χ4n) is 0. The molecule has 0 aliphatic heterocycles. The summed E-state index contributed by atoms with van der Waals surface area (Å²) in [4.78, 5) is 0. The van der Waals surface area contributed by atoms with Crippen molar-refractivity contribution in [1.29, 1.82) is 0 Å². The Morgan fingerprint density at radius 2 is 1.25 bits per heavy atom. The van der Waals surface area contributed by atoms with Gasteiger partial charge in [0.2, 0.25) is 0 Å². The van der Waals surface area contributed by atoms with Crippen LogP contribution in [0.1, 0.15) is 2.85 Å². The molecule has 0 rings (SSSR count). The summed E-state index contributed by atoms with van der Waals surface area (Å²) < 4.78 is 0. The van der Waals surface area contributed by atoms with Gasteiger partial charge in [0.25, 0.3) is 0 Å². The van der Waals surface area contributed by atoms with Gasteiger partial charge in [0.1, 0.15) is 0 Å². The number of rotatable bonds is 0. The minimum atomic E-state index is 0. The quantitative estimate of drug-likeness (QED) is 0.304. The molecule has 0 heterocycles. The van der Waals surface area contributed by atoms with E-state index in [4.69, 9.17) is 0 Å². The van der Waals surface area contributed by atoms with E-state index in [-0.39, 0.29) is 79.2 Å². The van der Waals surface area contributed by atoms with Gasteiger partial charge in [0, 0.05) is 0 Å². The van der Waals surface area contributed by atoms with Crippen LogP contribution in [-0.2, 0) is 17.1 Å². The summed E-state index contributed by atoms with van der Waals surface area (Å²) >= 11 is 0.